The number of benzene rings is 1. The summed E-state index contributed by atoms with van der Waals surface area (Å²) in [7, 11) is -3.40. The molecule has 1 N–H and O–H groups in total. The van der Waals surface area contributed by atoms with Gasteiger partial charge in [-0.25, -0.2) is 18.4 Å². The van der Waals surface area contributed by atoms with Crippen molar-refractivity contribution < 1.29 is 8.42 Å². The third kappa shape index (κ3) is 3.77. The van der Waals surface area contributed by atoms with E-state index in [-0.39, 0.29) is 0 Å². The molecule has 3 heterocycles. The molecule has 4 rings (SSSR count). The highest BCUT2D eigenvalue weighted by atomic mass is 32.2. The molecule has 0 amide bonds. The van der Waals surface area contributed by atoms with Crippen molar-refractivity contribution in [2.45, 2.75) is 38.5 Å². The smallest absolute Gasteiger partial charge is 0.243 e. The lowest BCUT2D eigenvalue weighted by atomic mass is 10.1. The Morgan fingerprint density at radius 2 is 1.83 bits per heavy atom. The SMILES string of the molecule is C/C(=N\Nc1ncnc2sc(C)c(C)c12)c1ccc(S(=O)(=O)N2CCCC2)cc1. The summed E-state index contributed by atoms with van der Waals surface area (Å²) in [6.45, 7) is 7.20. The zero-order valence-corrected chi connectivity index (χ0v) is 18.3. The van der Waals surface area contributed by atoms with E-state index in [1.807, 2.05) is 6.92 Å². The highest BCUT2D eigenvalue weighted by Crippen LogP contribution is 2.32. The number of nitrogens with one attached hydrogen (secondary N) is 1. The molecule has 0 unspecified atom stereocenters. The number of hydrogen-bond donors (Lipinski definition) is 1. The van der Waals surface area contributed by atoms with Crippen LogP contribution in [0.4, 0.5) is 5.82 Å². The first-order valence-corrected chi connectivity index (χ1v) is 11.7. The van der Waals surface area contributed by atoms with Crippen molar-refractivity contribution in [3.8, 4) is 0 Å². The third-order valence-corrected chi connectivity index (χ3v) is 8.30. The largest absolute Gasteiger partial charge is 0.260 e. The summed E-state index contributed by atoms with van der Waals surface area (Å²) in [6.07, 6.45) is 3.38. The van der Waals surface area contributed by atoms with Gasteiger partial charge in [-0.3, -0.25) is 5.43 Å². The van der Waals surface area contributed by atoms with Crippen molar-refractivity contribution in [3.05, 3.63) is 46.6 Å². The number of rotatable bonds is 5. The Kier molecular flexibility index (Phi) is 5.37. The molecule has 0 bridgehead atoms. The number of hydrogen-bond acceptors (Lipinski definition) is 7. The third-order valence-electron chi connectivity index (χ3n) is 5.27. The van der Waals surface area contributed by atoms with Crippen LogP contribution in [0.3, 0.4) is 0 Å². The Morgan fingerprint density at radius 3 is 2.52 bits per heavy atom. The van der Waals surface area contributed by atoms with Crippen LogP contribution in [0.1, 0.15) is 35.8 Å². The molecule has 0 saturated carbocycles. The monoisotopic (exact) mass is 429 g/mol. The lowest BCUT2D eigenvalue weighted by molar-refractivity contribution is 0.477. The van der Waals surface area contributed by atoms with Crippen LogP contribution in [0.25, 0.3) is 10.2 Å². The average molecular weight is 430 g/mol. The molecule has 0 atom stereocenters. The van der Waals surface area contributed by atoms with Gasteiger partial charge in [0.15, 0.2) is 5.82 Å². The van der Waals surface area contributed by atoms with Gasteiger partial charge in [-0.2, -0.15) is 9.41 Å². The van der Waals surface area contributed by atoms with Crippen molar-refractivity contribution in [1.82, 2.24) is 14.3 Å². The first-order chi connectivity index (χ1) is 13.9. The molecule has 1 aromatic carbocycles. The Morgan fingerprint density at radius 1 is 1.14 bits per heavy atom. The van der Waals surface area contributed by atoms with Crippen LogP contribution in [0.15, 0.2) is 40.6 Å². The number of anilines is 1. The van der Waals surface area contributed by atoms with Crippen LogP contribution in [-0.4, -0.2) is 41.5 Å². The Labute approximate surface area is 174 Å². The normalized spacial score (nSPS) is 15.9. The summed E-state index contributed by atoms with van der Waals surface area (Å²) >= 11 is 1.64. The highest BCUT2D eigenvalue weighted by Gasteiger charge is 2.26. The molecule has 1 saturated heterocycles. The predicted molar refractivity (Wildman–Crippen MR) is 117 cm³/mol. The zero-order valence-electron chi connectivity index (χ0n) is 16.6. The molecule has 2 aromatic heterocycles. The van der Waals surface area contributed by atoms with Gasteiger partial charge in [0.25, 0.3) is 0 Å². The van der Waals surface area contributed by atoms with Gasteiger partial charge in [0.2, 0.25) is 10.0 Å². The van der Waals surface area contributed by atoms with Crippen LogP contribution in [-0.2, 0) is 10.0 Å². The molecule has 29 heavy (non-hydrogen) atoms. The van der Waals surface area contributed by atoms with Gasteiger partial charge < -0.3 is 0 Å². The number of fused-ring (bicyclic) bond motifs is 1. The quantitative estimate of drug-likeness (QED) is 0.490. The van der Waals surface area contributed by atoms with Crippen molar-refractivity contribution in [2.24, 2.45) is 5.10 Å². The highest BCUT2D eigenvalue weighted by molar-refractivity contribution is 7.89. The molecule has 7 nitrogen and oxygen atoms in total. The summed E-state index contributed by atoms with van der Waals surface area (Å²) in [5, 5.41) is 5.44. The van der Waals surface area contributed by atoms with E-state index < -0.39 is 10.0 Å². The van der Waals surface area contributed by atoms with E-state index in [1.165, 1.54) is 11.2 Å². The van der Waals surface area contributed by atoms with Crippen LogP contribution >= 0.6 is 11.3 Å². The molecular weight excluding hydrogens is 406 g/mol. The first kappa shape index (κ1) is 19.9. The van der Waals surface area contributed by atoms with Crippen LogP contribution < -0.4 is 5.43 Å². The maximum Gasteiger partial charge on any atom is 0.243 e. The van der Waals surface area contributed by atoms with E-state index >= 15 is 0 Å². The summed E-state index contributed by atoms with van der Waals surface area (Å²) in [5.41, 5.74) is 5.79. The van der Waals surface area contributed by atoms with E-state index in [2.05, 4.69) is 34.3 Å². The van der Waals surface area contributed by atoms with Crippen molar-refractivity contribution in [2.75, 3.05) is 18.5 Å². The van der Waals surface area contributed by atoms with Crippen LogP contribution in [0, 0.1) is 13.8 Å². The van der Waals surface area contributed by atoms with Crippen molar-refractivity contribution in [1.29, 1.82) is 0 Å². The average Bonchev–Trinajstić information content (AvgIpc) is 3.36. The predicted octanol–water partition coefficient (Wildman–Crippen LogP) is 3.93. The summed E-state index contributed by atoms with van der Waals surface area (Å²) in [4.78, 5) is 11.1. The molecule has 152 valence electrons. The van der Waals surface area contributed by atoms with Gasteiger partial charge in [-0.05, 0) is 56.9 Å². The molecule has 3 aromatic rings. The lowest BCUT2D eigenvalue weighted by Crippen LogP contribution is -2.27. The Hall–Kier alpha value is -2.36. The minimum absolute atomic E-state index is 0.325. The fourth-order valence-corrected chi connectivity index (χ4v) is 5.93. The summed E-state index contributed by atoms with van der Waals surface area (Å²) in [5.74, 6) is 0.671. The van der Waals surface area contributed by atoms with E-state index in [4.69, 9.17) is 0 Å². The minimum Gasteiger partial charge on any atom is -0.260 e. The van der Waals surface area contributed by atoms with Gasteiger partial charge in [0.05, 0.1) is 16.0 Å². The van der Waals surface area contributed by atoms with Gasteiger partial charge in [-0.1, -0.05) is 12.1 Å². The van der Waals surface area contributed by atoms with E-state index in [0.29, 0.717) is 23.8 Å². The lowest BCUT2D eigenvalue weighted by Gasteiger charge is -2.15. The number of sulfonamides is 1. The molecule has 1 aliphatic rings. The van der Waals surface area contributed by atoms with E-state index in [9.17, 15) is 8.42 Å². The van der Waals surface area contributed by atoms with Crippen LogP contribution in [0.5, 0.6) is 0 Å². The fourth-order valence-electron chi connectivity index (χ4n) is 3.41. The molecule has 1 fully saturated rings. The molecule has 1 aliphatic heterocycles. The van der Waals surface area contributed by atoms with Gasteiger partial charge in [0.1, 0.15) is 11.2 Å². The van der Waals surface area contributed by atoms with Crippen molar-refractivity contribution in [3.63, 3.8) is 0 Å². The van der Waals surface area contributed by atoms with Crippen molar-refractivity contribution >= 4 is 43.1 Å². The zero-order chi connectivity index (χ0) is 20.6. The molecular formula is C20H23N5O2S2. The van der Waals surface area contributed by atoms with Gasteiger partial charge in [0, 0.05) is 18.0 Å². The number of thiophene rings is 1. The Bertz CT molecular complexity index is 1180. The van der Waals surface area contributed by atoms with E-state index in [0.717, 1.165) is 39.9 Å². The number of hydrazone groups is 1. The molecule has 0 spiro atoms. The second-order valence-electron chi connectivity index (χ2n) is 7.13. The summed E-state index contributed by atoms with van der Waals surface area (Å²) in [6, 6.07) is 6.88. The number of aryl methyl sites for hydroxylation is 2. The summed E-state index contributed by atoms with van der Waals surface area (Å²) < 4.78 is 26.9. The maximum atomic E-state index is 12.7. The second kappa shape index (κ2) is 7.81. The van der Waals surface area contributed by atoms with Gasteiger partial charge in [-0.15, -0.1) is 11.3 Å². The minimum atomic E-state index is -3.40. The van der Waals surface area contributed by atoms with Crippen LogP contribution in [0.2, 0.25) is 0 Å². The van der Waals surface area contributed by atoms with Gasteiger partial charge >= 0.3 is 0 Å². The second-order valence-corrected chi connectivity index (χ2v) is 10.3. The fraction of sp³-hybridized carbons (Fsp3) is 0.350. The topological polar surface area (TPSA) is 87.5 Å². The first-order valence-electron chi connectivity index (χ1n) is 9.49. The molecule has 0 aliphatic carbocycles. The van der Waals surface area contributed by atoms with E-state index in [1.54, 1.807) is 39.9 Å². The number of nitrogens with zero attached hydrogens (tertiary/aromatic N) is 4. The molecule has 0 radical (unpaired) electrons. The number of aromatic nitrogens is 2. The maximum absolute atomic E-state index is 12.7. The Balaban J connectivity index is 1.56. The molecule has 9 heteroatoms. The standard InChI is InChI=1S/C20H23N5O2S2/c1-13-15(3)28-20-18(13)19(21-12-22-20)24-23-14(2)16-6-8-17(9-7-16)29(26,27)25-10-4-5-11-25/h6-9,12H,4-5,10-11H2,1-3H3,(H,21,22,24)/b23-14+.